The van der Waals surface area contributed by atoms with E-state index in [4.69, 9.17) is 28.4 Å². The Labute approximate surface area is 347 Å². The summed E-state index contributed by atoms with van der Waals surface area (Å²) in [5.41, 5.74) is -2.91. The van der Waals surface area contributed by atoms with Crippen molar-refractivity contribution < 1.29 is 62.9 Å². The van der Waals surface area contributed by atoms with E-state index >= 15 is 0 Å². The lowest BCUT2D eigenvalue weighted by atomic mass is 9.72. The van der Waals surface area contributed by atoms with E-state index in [0.717, 1.165) is 0 Å². The van der Waals surface area contributed by atoms with Crippen LogP contribution in [-0.4, -0.2) is 136 Å². The zero-order valence-corrected chi connectivity index (χ0v) is 34.5. The van der Waals surface area contributed by atoms with Gasteiger partial charge in [0.05, 0.1) is 42.6 Å². The van der Waals surface area contributed by atoms with Crippen molar-refractivity contribution >= 4 is 44.7 Å². The van der Waals surface area contributed by atoms with Crippen molar-refractivity contribution in [3.05, 3.63) is 74.8 Å². The van der Waals surface area contributed by atoms with E-state index in [2.05, 4.69) is 15.2 Å². The summed E-state index contributed by atoms with van der Waals surface area (Å²) < 4.78 is 36.7. The summed E-state index contributed by atoms with van der Waals surface area (Å²) in [4.78, 5) is 60.2. The minimum Gasteiger partial charge on any atom is -0.507 e. The van der Waals surface area contributed by atoms with Crippen molar-refractivity contribution in [2.24, 2.45) is 0 Å². The molecule has 0 radical (unpaired) electrons. The molecule has 9 atom stereocenters. The second-order valence-corrected chi connectivity index (χ2v) is 17.9. The van der Waals surface area contributed by atoms with Gasteiger partial charge in [-0.25, -0.2) is 4.98 Å². The molecule has 3 saturated heterocycles. The molecule has 4 N–H and O–H groups in total. The van der Waals surface area contributed by atoms with Gasteiger partial charge in [-0.05, 0) is 29.9 Å². The van der Waals surface area contributed by atoms with Gasteiger partial charge >= 0.3 is 0 Å². The number of aromatic hydroxyl groups is 2. The van der Waals surface area contributed by atoms with Gasteiger partial charge in [0, 0.05) is 83.2 Å². The molecule has 3 aliphatic heterocycles. The maximum atomic E-state index is 14.2. The summed E-state index contributed by atoms with van der Waals surface area (Å²) in [6.07, 6.45) is -3.34. The first-order chi connectivity index (χ1) is 28.2. The molecule has 3 fully saturated rings. The van der Waals surface area contributed by atoms with E-state index in [1.165, 1.54) is 60.1 Å². The number of fused-ring (bicyclic) bond motifs is 6. The highest BCUT2D eigenvalue weighted by Gasteiger charge is 2.55. The summed E-state index contributed by atoms with van der Waals surface area (Å²) in [5, 5.41) is 39.6. The first-order valence-electron chi connectivity index (χ1n) is 19.2. The predicted molar refractivity (Wildman–Crippen MR) is 211 cm³/mol. The van der Waals surface area contributed by atoms with Crippen LogP contribution in [-0.2, 0) is 34.9 Å². The lowest BCUT2D eigenvalue weighted by Crippen LogP contribution is -2.55. The van der Waals surface area contributed by atoms with Gasteiger partial charge in [0.1, 0.15) is 40.2 Å². The maximum Gasteiger partial charge on any atom is 0.273 e. The minimum atomic E-state index is -2.21. The number of phenols is 2. The molecule has 8 rings (SSSR count). The van der Waals surface area contributed by atoms with Crippen LogP contribution in [0.15, 0.2) is 41.6 Å². The van der Waals surface area contributed by atoms with Crippen LogP contribution in [0.4, 0.5) is 5.69 Å². The average molecular weight is 854 g/mol. The first-order valence-corrected chi connectivity index (χ1v) is 21.4. The van der Waals surface area contributed by atoms with Gasteiger partial charge in [-0.1, -0.05) is 29.9 Å². The van der Waals surface area contributed by atoms with Gasteiger partial charge in [-0.3, -0.25) is 19.3 Å². The normalized spacial score (nSPS) is 29.1. The standard InChI is InChI=1S/C40H44N4O13S2/c1-18(58-59-26-10-9-20(17-41-26)43(3)51)16-42-39(49)40(50)14-22-29(35(48)31-30(33(22)46)32(45)21-7-6-8-24(52-4)28(21)34(31)47)25(15-40)56-27-13-23-36(19(2)55-27)57-37-38(53-5)54-12-11-44(23)37/h6-10,17-19,23,25,27,36-38,50H,11-16H2,1-5H3,(H2-,42,45,46,47,48,49)/p+1/t18-,19-,23-,25-,27-,36+,37+,38-,40-/m0/s1. The van der Waals surface area contributed by atoms with E-state index in [-0.39, 0.29) is 58.4 Å². The van der Waals surface area contributed by atoms with Crippen molar-refractivity contribution in [1.82, 2.24) is 15.2 Å². The molecule has 0 spiro atoms. The van der Waals surface area contributed by atoms with Gasteiger partial charge in [-0.2, -0.15) is 0 Å². The highest BCUT2D eigenvalue weighted by Crippen LogP contribution is 2.53. The van der Waals surface area contributed by atoms with Crippen molar-refractivity contribution in [1.29, 1.82) is 0 Å². The number of methoxy groups -OCH3 is 2. The predicted octanol–water partition coefficient (Wildman–Crippen LogP) is 3.53. The lowest BCUT2D eigenvalue weighted by molar-refractivity contribution is -0.428. The molecule has 4 heterocycles. The fraction of sp³-hybridized carbons (Fsp3) is 0.500. The number of hydrogen-bond acceptors (Lipinski definition) is 17. The Morgan fingerprint density at radius 3 is 2.61 bits per heavy atom. The second-order valence-electron chi connectivity index (χ2n) is 15.2. The maximum absolute atomic E-state index is 14.2. The molecule has 3 aromatic rings. The number of rotatable bonds is 11. The number of nitroso groups, excluding NO2 is 1. The number of ketones is 2. The molecule has 17 nitrogen and oxygen atoms in total. The smallest absolute Gasteiger partial charge is 0.273 e. The molecule has 1 amide bonds. The summed E-state index contributed by atoms with van der Waals surface area (Å²) in [5.74, 6) is -3.39. The fourth-order valence-corrected chi connectivity index (χ4v) is 10.6. The molecular weight excluding hydrogens is 809 g/mol. The van der Waals surface area contributed by atoms with Crippen LogP contribution in [0.2, 0.25) is 0 Å². The van der Waals surface area contributed by atoms with Crippen LogP contribution in [0.5, 0.6) is 17.2 Å². The Bertz CT molecular complexity index is 2190. The van der Waals surface area contributed by atoms with Crippen LogP contribution < -0.4 is 10.1 Å². The second kappa shape index (κ2) is 16.4. The number of amides is 1. The topological polar surface area (TPSA) is 216 Å². The summed E-state index contributed by atoms with van der Waals surface area (Å²) in [6, 6.07) is 7.67. The van der Waals surface area contributed by atoms with E-state index in [9.17, 15) is 34.6 Å². The van der Waals surface area contributed by atoms with Crippen molar-refractivity contribution in [2.75, 3.05) is 41.0 Å². The molecule has 0 saturated carbocycles. The number of nitrogens with one attached hydrogen (secondary N) is 1. The number of ether oxygens (including phenoxy) is 6. The Morgan fingerprint density at radius 2 is 1.90 bits per heavy atom. The molecule has 2 aromatic carbocycles. The zero-order valence-electron chi connectivity index (χ0n) is 32.9. The Kier molecular flexibility index (Phi) is 11.5. The van der Waals surface area contributed by atoms with Crippen LogP contribution >= 0.6 is 21.6 Å². The van der Waals surface area contributed by atoms with Gasteiger partial charge in [0.15, 0.2) is 31.6 Å². The van der Waals surface area contributed by atoms with E-state index in [1.807, 2.05) is 13.8 Å². The molecular formula is C40H45N4O13S2+. The summed E-state index contributed by atoms with van der Waals surface area (Å²) >= 11 is 0. The van der Waals surface area contributed by atoms with Crippen LogP contribution in [0.3, 0.4) is 0 Å². The molecule has 2 aliphatic carbocycles. The quantitative estimate of drug-likeness (QED) is 0.0965. The largest absolute Gasteiger partial charge is 0.507 e. The van der Waals surface area contributed by atoms with E-state index < -0.39 is 89.6 Å². The number of hydrogen-bond donors (Lipinski definition) is 4. The van der Waals surface area contributed by atoms with E-state index in [1.54, 1.807) is 19.2 Å². The number of morpholine rings is 1. The van der Waals surface area contributed by atoms with E-state index in [0.29, 0.717) is 28.6 Å². The number of carbonyl (C=O) groups excluding carboxylic acids is 3. The van der Waals surface area contributed by atoms with Gasteiger partial charge in [-0.15, -0.1) is 0 Å². The Hall–Kier alpha value is -4.18. The third-order valence-electron chi connectivity index (χ3n) is 11.5. The van der Waals surface area contributed by atoms with Crippen molar-refractivity contribution in [3.63, 3.8) is 0 Å². The molecule has 0 unspecified atom stereocenters. The van der Waals surface area contributed by atoms with Crippen LogP contribution in [0.1, 0.15) is 75.8 Å². The number of aromatic nitrogens is 1. The number of pyridine rings is 1. The van der Waals surface area contributed by atoms with Crippen LogP contribution in [0, 0.1) is 4.91 Å². The molecule has 0 bridgehead atoms. The fourth-order valence-electron chi connectivity index (χ4n) is 8.68. The zero-order chi connectivity index (χ0) is 41.9. The number of benzene rings is 2. The molecule has 5 aliphatic rings. The van der Waals surface area contributed by atoms with Crippen molar-refractivity contribution in [3.8, 4) is 17.2 Å². The minimum absolute atomic E-state index is 0.0311. The molecule has 19 heteroatoms. The number of carbonyl (C=O) groups is 3. The third kappa shape index (κ3) is 7.39. The average Bonchev–Trinajstić information content (AvgIpc) is 3.61. The molecule has 59 heavy (non-hydrogen) atoms. The number of phenolic OH excluding ortho intramolecular Hbond substituents is 2. The number of aliphatic hydroxyl groups is 1. The molecule has 1 aromatic heterocycles. The first kappa shape index (κ1) is 41.5. The third-order valence-corrected chi connectivity index (χ3v) is 14.3. The Balaban J connectivity index is 1.09. The van der Waals surface area contributed by atoms with Gasteiger partial charge < -0.3 is 49.1 Å². The van der Waals surface area contributed by atoms with Crippen molar-refractivity contribution in [2.45, 2.75) is 92.1 Å². The Morgan fingerprint density at radius 1 is 1.12 bits per heavy atom. The highest BCUT2D eigenvalue weighted by molar-refractivity contribution is 8.76. The monoisotopic (exact) mass is 853 g/mol. The summed E-state index contributed by atoms with van der Waals surface area (Å²) in [6.45, 7) is 4.83. The highest BCUT2D eigenvalue weighted by atomic mass is 33.1. The van der Waals surface area contributed by atoms with Gasteiger partial charge in [0.2, 0.25) is 5.78 Å². The van der Waals surface area contributed by atoms with Crippen LogP contribution in [0.25, 0.3) is 0 Å². The summed E-state index contributed by atoms with van der Waals surface area (Å²) in [7, 11) is 7.06. The molecule has 314 valence electrons. The lowest BCUT2D eigenvalue weighted by Gasteiger charge is -2.43. The van der Waals surface area contributed by atoms with Gasteiger partial charge in [0.25, 0.3) is 11.6 Å². The SMILES string of the molecule is COc1cccc2c1C(=O)c1c(O)c3c(c(O)c1C2=O)C[C@@](O)(C(=O)NC[C@H](C)SSc1ccc([N+](C)=O)cn1)C[C@@H]3O[C@H]1C[C@H]2[C@H](O[C@@H]3[C@@H](OC)OCCN32)[C@H](C)O1. The number of nitrogens with zero attached hydrogens (tertiary/aromatic N) is 3.